The normalized spacial score (nSPS) is 15.3. The van der Waals surface area contributed by atoms with Crippen LogP contribution < -0.4 is 0 Å². The van der Waals surface area contributed by atoms with Crippen LogP contribution in [-0.2, 0) is 6.54 Å². The fourth-order valence-electron chi connectivity index (χ4n) is 4.26. The Kier molecular flexibility index (Phi) is 4.74. The smallest absolute Gasteiger partial charge is 0.273 e. The molecule has 0 fully saturated rings. The van der Waals surface area contributed by atoms with Gasteiger partial charge in [-0.15, -0.1) is 0 Å². The lowest BCUT2D eigenvalue weighted by atomic mass is 9.94. The van der Waals surface area contributed by atoms with Crippen LogP contribution in [0.25, 0.3) is 11.3 Å². The molecule has 7 heteroatoms. The molecule has 32 heavy (non-hydrogen) atoms. The first kappa shape index (κ1) is 19.9. The molecule has 4 aromatic rings. The number of carbonyl (C=O) groups is 1. The highest BCUT2D eigenvalue weighted by molar-refractivity contribution is 6.00. The van der Waals surface area contributed by atoms with Crippen LogP contribution in [0.2, 0.25) is 0 Å². The number of hydrogen-bond donors (Lipinski definition) is 2. The van der Waals surface area contributed by atoms with Crippen molar-refractivity contribution in [2.75, 3.05) is 0 Å². The number of rotatable bonds is 4. The number of nitrogens with zero attached hydrogens (tertiary/aromatic N) is 3. The summed E-state index contributed by atoms with van der Waals surface area (Å²) in [6.07, 6.45) is 3.35. The van der Waals surface area contributed by atoms with Gasteiger partial charge in [0.15, 0.2) is 0 Å². The van der Waals surface area contributed by atoms with Gasteiger partial charge in [-0.3, -0.25) is 14.9 Å². The zero-order valence-corrected chi connectivity index (χ0v) is 17.6. The lowest BCUT2D eigenvalue weighted by Crippen LogP contribution is -2.29. The molecule has 0 spiro atoms. The van der Waals surface area contributed by atoms with E-state index >= 15 is 0 Å². The Morgan fingerprint density at radius 2 is 1.91 bits per heavy atom. The molecule has 1 aliphatic rings. The summed E-state index contributed by atoms with van der Waals surface area (Å²) in [6, 6.07) is 12.9. The van der Waals surface area contributed by atoms with Gasteiger partial charge < -0.3 is 10.0 Å². The van der Waals surface area contributed by atoms with Gasteiger partial charge in [0.05, 0.1) is 6.04 Å². The van der Waals surface area contributed by atoms with Crippen molar-refractivity contribution >= 4 is 5.91 Å². The number of aromatic nitrogens is 3. The molecular formula is C25H21FN4O2. The molecule has 3 heterocycles. The molecule has 0 saturated heterocycles. The molecule has 1 atom stereocenters. The van der Waals surface area contributed by atoms with Crippen molar-refractivity contribution < 1.29 is 14.3 Å². The fourth-order valence-corrected chi connectivity index (χ4v) is 4.26. The van der Waals surface area contributed by atoms with Crippen LogP contribution in [0, 0.1) is 19.7 Å². The largest absolute Gasteiger partial charge is 0.507 e. The number of nitrogens with one attached hydrogen (secondary N) is 1. The van der Waals surface area contributed by atoms with Crippen molar-refractivity contribution in [3.05, 3.63) is 100 Å². The van der Waals surface area contributed by atoms with Crippen LogP contribution >= 0.6 is 0 Å². The first-order chi connectivity index (χ1) is 15.5. The van der Waals surface area contributed by atoms with E-state index in [1.54, 1.807) is 47.6 Å². The number of amides is 1. The summed E-state index contributed by atoms with van der Waals surface area (Å²) < 4.78 is 15.0. The van der Waals surface area contributed by atoms with E-state index in [1.807, 2.05) is 26.0 Å². The lowest BCUT2D eigenvalue weighted by Gasteiger charge is -2.26. The maximum Gasteiger partial charge on any atom is 0.273 e. The Bertz CT molecular complexity index is 1330. The molecule has 1 amide bonds. The molecule has 0 unspecified atom stereocenters. The van der Waals surface area contributed by atoms with Gasteiger partial charge in [0.25, 0.3) is 5.91 Å². The first-order valence-corrected chi connectivity index (χ1v) is 10.3. The monoisotopic (exact) mass is 428 g/mol. The summed E-state index contributed by atoms with van der Waals surface area (Å²) >= 11 is 0. The number of halogens is 1. The average molecular weight is 428 g/mol. The van der Waals surface area contributed by atoms with Crippen molar-refractivity contribution in [1.29, 1.82) is 0 Å². The highest BCUT2D eigenvalue weighted by atomic mass is 19.1. The van der Waals surface area contributed by atoms with Crippen LogP contribution in [0.3, 0.4) is 0 Å². The number of aromatic amines is 1. The molecule has 0 aliphatic carbocycles. The number of fused-ring (bicyclic) bond motifs is 1. The van der Waals surface area contributed by atoms with Crippen LogP contribution in [0.4, 0.5) is 4.39 Å². The van der Waals surface area contributed by atoms with Crippen LogP contribution in [0.5, 0.6) is 5.75 Å². The van der Waals surface area contributed by atoms with E-state index in [1.165, 1.54) is 6.07 Å². The van der Waals surface area contributed by atoms with Gasteiger partial charge in [0.1, 0.15) is 23.0 Å². The van der Waals surface area contributed by atoms with Crippen LogP contribution in [0.15, 0.2) is 60.9 Å². The Morgan fingerprint density at radius 1 is 1.12 bits per heavy atom. The van der Waals surface area contributed by atoms with E-state index < -0.39 is 11.9 Å². The number of phenolic OH excluding ortho intramolecular Hbond substituents is 1. The Hall–Kier alpha value is -4.00. The number of pyridine rings is 1. The molecule has 0 saturated carbocycles. The van der Waals surface area contributed by atoms with E-state index in [9.17, 15) is 14.3 Å². The molecule has 2 aromatic carbocycles. The highest BCUT2D eigenvalue weighted by Gasteiger charge is 2.43. The van der Waals surface area contributed by atoms with Gasteiger partial charge in [0.2, 0.25) is 0 Å². The Balaban J connectivity index is 1.70. The average Bonchev–Trinajstić information content (AvgIpc) is 3.32. The topological polar surface area (TPSA) is 82.1 Å². The van der Waals surface area contributed by atoms with Crippen molar-refractivity contribution in [1.82, 2.24) is 20.1 Å². The van der Waals surface area contributed by atoms with E-state index in [-0.39, 0.29) is 18.2 Å². The predicted octanol–water partition coefficient (Wildman–Crippen LogP) is 4.68. The van der Waals surface area contributed by atoms with E-state index in [4.69, 9.17) is 0 Å². The van der Waals surface area contributed by atoms with E-state index in [2.05, 4.69) is 15.2 Å². The lowest BCUT2D eigenvalue weighted by molar-refractivity contribution is 0.0728. The van der Waals surface area contributed by atoms with E-state index in [0.717, 1.165) is 16.7 Å². The summed E-state index contributed by atoms with van der Waals surface area (Å²) in [5.41, 5.74) is 4.92. The summed E-state index contributed by atoms with van der Waals surface area (Å²) in [5.74, 6) is -0.627. The third kappa shape index (κ3) is 3.13. The number of aromatic hydroxyl groups is 1. The van der Waals surface area contributed by atoms with Gasteiger partial charge in [-0.25, -0.2) is 4.39 Å². The van der Waals surface area contributed by atoms with Crippen molar-refractivity contribution in [2.45, 2.75) is 26.4 Å². The van der Waals surface area contributed by atoms with Gasteiger partial charge in [-0.1, -0.05) is 24.3 Å². The quantitative estimate of drug-likeness (QED) is 0.495. The number of carbonyl (C=O) groups excluding carboxylic acids is 1. The number of H-pyrrole nitrogens is 1. The molecule has 2 aromatic heterocycles. The Morgan fingerprint density at radius 3 is 2.66 bits per heavy atom. The second-order valence-corrected chi connectivity index (χ2v) is 8.03. The first-order valence-electron chi connectivity index (χ1n) is 10.3. The van der Waals surface area contributed by atoms with Crippen molar-refractivity contribution in [2.24, 2.45) is 0 Å². The zero-order valence-electron chi connectivity index (χ0n) is 17.6. The summed E-state index contributed by atoms with van der Waals surface area (Å²) in [5, 5.41) is 17.9. The number of aryl methyl sites for hydroxylation is 2. The van der Waals surface area contributed by atoms with E-state index in [0.29, 0.717) is 28.1 Å². The van der Waals surface area contributed by atoms with Crippen molar-refractivity contribution in [3.8, 4) is 17.0 Å². The fraction of sp³-hybridized carbons (Fsp3) is 0.160. The minimum Gasteiger partial charge on any atom is -0.507 e. The second-order valence-electron chi connectivity index (χ2n) is 8.03. The molecular weight excluding hydrogens is 407 g/mol. The molecule has 5 rings (SSSR count). The summed E-state index contributed by atoms with van der Waals surface area (Å²) in [7, 11) is 0. The van der Waals surface area contributed by atoms with Crippen LogP contribution in [-0.4, -0.2) is 31.1 Å². The van der Waals surface area contributed by atoms with Crippen LogP contribution in [0.1, 0.15) is 44.3 Å². The molecule has 1 aliphatic heterocycles. The molecule has 0 radical (unpaired) electrons. The maximum atomic E-state index is 15.0. The zero-order chi connectivity index (χ0) is 22.4. The summed E-state index contributed by atoms with van der Waals surface area (Å²) in [4.78, 5) is 19.1. The Labute approximate surface area is 184 Å². The minimum absolute atomic E-state index is 0.0628. The second kappa shape index (κ2) is 7.60. The summed E-state index contributed by atoms with van der Waals surface area (Å²) in [6.45, 7) is 4.11. The molecule has 2 N–H and O–H groups in total. The number of benzene rings is 2. The van der Waals surface area contributed by atoms with Gasteiger partial charge in [-0.05, 0) is 54.8 Å². The molecule has 0 bridgehead atoms. The third-order valence-corrected chi connectivity index (χ3v) is 6.01. The number of phenols is 1. The third-order valence-electron chi connectivity index (χ3n) is 6.01. The predicted molar refractivity (Wildman–Crippen MR) is 118 cm³/mol. The maximum absolute atomic E-state index is 15.0. The van der Waals surface area contributed by atoms with Gasteiger partial charge in [0, 0.05) is 35.6 Å². The standard InChI is InChI=1S/C25H21FN4O2/c1-14-10-18(20(31)11-15(14)2)22-21-23(29-28-22)25(32)30(13-16-6-5-9-27-12-16)24(21)17-7-3-4-8-19(17)26/h3-12,24,31H,13H2,1-2H3,(H,28,29)/t24-/m1/s1. The highest BCUT2D eigenvalue weighted by Crippen LogP contribution is 2.45. The SMILES string of the molecule is Cc1cc(O)c(-c2n[nH]c3c2[C@@H](c2ccccc2F)N(Cc2cccnc2)C3=O)cc1C. The minimum atomic E-state index is -0.700. The molecule has 160 valence electrons. The van der Waals surface area contributed by atoms with Gasteiger partial charge in [-0.2, -0.15) is 5.10 Å². The molecule has 6 nitrogen and oxygen atoms in total. The number of hydrogen-bond acceptors (Lipinski definition) is 4. The van der Waals surface area contributed by atoms with Gasteiger partial charge >= 0.3 is 0 Å². The van der Waals surface area contributed by atoms with Crippen molar-refractivity contribution in [3.63, 3.8) is 0 Å².